The van der Waals surface area contributed by atoms with Gasteiger partial charge in [-0.05, 0) is 36.0 Å². The largest absolute Gasteiger partial charge is 0.512 e. The maximum Gasteiger partial charge on any atom is 0.261 e. The van der Waals surface area contributed by atoms with Gasteiger partial charge in [-0.15, -0.1) is 0 Å². The molecule has 1 amide bonds. The summed E-state index contributed by atoms with van der Waals surface area (Å²) in [7, 11) is 0. The standard InChI is InChI=1S/C23H25NO3/c1-15(2)13-20-22(26)21(16(3)25)23(27)24(20)14-17-9-11-19(12-10-17)18-7-5-4-6-8-18/h4-12,15,20,25H,13-14H2,1-3H3/t20-/m0/s1. The second-order valence-electron chi connectivity index (χ2n) is 7.47. The molecule has 0 radical (unpaired) electrons. The number of benzene rings is 2. The van der Waals surface area contributed by atoms with E-state index in [-0.39, 0.29) is 28.9 Å². The van der Waals surface area contributed by atoms with Crippen LogP contribution in [-0.4, -0.2) is 27.7 Å². The minimum absolute atomic E-state index is 0.0680. The van der Waals surface area contributed by atoms with Crippen LogP contribution in [0.15, 0.2) is 65.9 Å². The molecule has 0 bridgehead atoms. The van der Waals surface area contributed by atoms with Crippen molar-refractivity contribution in [1.82, 2.24) is 4.90 Å². The number of allylic oxidation sites excluding steroid dienone is 1. The Hall–Kier alpha value is -2.88. The van der Waals surface area contributed by atoms with Crippen LogP contribution in [-0.2, 0) is 16.1 Å². The lowest BCUT2D eigenvalue weighted by atomic mass is 9.98. The maximum atomic E-state index is 12.7. The Balaban J connectivity index is 1.85. The number of nitrogens with zero attached hydrogens (tertiary/aromatic N) is 1. The fourth-order valence-electron chi connectivity index (χ4n) is 3.52. The Morgan fingerprint density at radius 2 is 1.59 bits per heavy atom. The van der Waals surface area contributed by atoms with Crippen molar-refractivity contribution in [3.05, 3.63) is 71.5 Å². The normalized spacial score (nSPS) is 19.1. The van der Waals surface area contributed by atoms with Gasteiger partial charge in [0.1, 0.15) is 11.3 Å². The Morgan fingerprint density at radius 1 is 1.00 bits per heavy atom. The molecule has 3 rings (SSSR count). The molecule has 1 aliphatic heterocycles. The molecule has 140 valence electrons. The summed E-state index contributed by atoms with van der Waals surface area (Å²) >= 11 is 0. The summed E-state index contributed by atoms with van der Waals surface area (Å²) in [6.07, 6.45) is 0.587. The second kappa shape index (κ2) is 7.78. The van der Waals surface area contributed by atoms with E-state index in [2.05, 4.69) is 12.1 Å². The molecule has 0 aromatic heterocycles. The number of aliphatic hydroxyl groups is 1. The van der Waals surface area contributed by atoms with Crippen molar-refractivity contribution in [3.63, 3.8) is 0 Å². The molecule has 1 saturated heterocycles. The molecule has 0 saturated carbocycles. The first-order chi connectivity index (χ1) is 12.9. The Morgan fingerprint density at radius 3 is 2.15 bits per heavy atom. The van der Waals surface area contributed by atoms with E-state index in [1.807, 2.05) is 56.3 Å². The number of carbonyl (C=O) groups is 2. The zero-order chi connectivity index (χ0) is 19.6. The molecule has 4 heteroatoms. The lowest BCUT2D eigenvalue weighted by Gasteiger charge is -2.24. The fourth-order valence-corrected chi connectivity index (χ4v) is 3.52. The number of rotatable bonds is 5. The topological polar surface area (TPSA) is 57.6 Å². The summed E-state index contributed by atoms with van der Waals surface area (Å²) in [6.45, 7) is 5.81. The van der Waals surface area contributed by atoms with Crippen LogP contribution in [0.1, 0.15) is 32.8 Å². The van der Waals surface area contributed by atoms with E-state index in [0.717, 1.165) is 16.7 Å². The third-order valence-electron chi connectivity index (χ3n) is 4.87. The average molecular weight is 363 g/mol. The Kier molecular flexibility index (Phi) is 5.45. The zero-order valence-corrected chi connectivity index (χ0v) is 16.0. The van der Waals surface area contributed by atoms with Gasteiger partial charge in [-0.25, -0.2) is 0 Å². The molecule has 1 fully saturated rings. The first-order valence-electron chi connectivity index (χ1n) is 9.28. The smallest absolute Gasteiger partial charge is 0.261 e. The second-order valence-corrected chi connectivity index (χ2v) is 7.47. The van der Waals surface area contributed by atoms with Crippen molar-refractivity contribution in [2.75, 3.05) is 0 Å². The summed E-state index contributed by atoms with van der Waals surface area (Å²) in [5, 5.41) is 9.80. The summed E-state index contributed by atoms with van der Waals surface area (Å²) in [4.78, 5) is 27.0. The van der Waals surface area contributed by atoms with E-state index in [4.69, 9.17) is 0 Å². The first-order valence-corrected chi connectivity index (χ1v) is 9.28. The molecule has 2 aromatic carbocycles. The van der Waals surface area contributed by atoms with Crippen LogP contribution in [0.2, 0.25) is 0 Å². The van der Waals surface area contributed by atoms with Crippen LogP contribution in [0.25, 0.3) is 11.1 Å². The van der Waals surface area contributed by atoms with Crippen molar-refractivity contribution >= 4 is 11.7 Å². The number of ketones is 1. The van der Waals surface area contributed by atoms with E-state index in [9.17, 15) is 14.7 Å². The highest BCUT2D eigenvalue weighted by Crippen LogP contribution is 2.29. The van der Waals surface area contributed by atoms with Crippen molar-refractivity contribution in [2.24, 2.45) is 5.92 Å². The molecule has 1 atom stereocenters. The lowest BCUT2D eigenvalue weighted by molar-refractivity contribution is -0.128. The highest BCUT2D eigenvalue weighted by atomic mass is 16.3. The predicted molar refractivity (Wildman–Crippen MR) is 106 cm³/mol. The van der Waals surface area contributed by atoms with Crippen molar-refractivity contribution < 1.29 is 14.7 Å². The van der Waals surface area contributed by atoms with Crippen LogP contribution in [0.4, 0.5) is 0 Å². The molecule has 0 aliphatic carbocycles. The Labute approximate surface area is 160 Å². The summed E-state index contributed by atoms with van der Waals surface area (Å²) in [5.74, 6) is -0.568. The zero-order valence-electron chi connectivity index (χ0n) is 16.0. The first kappa shape index (κ1) is 18.9. The Bertz CT molecular complexity index is 862. The minimum Gasteiger partial charge on any atom is -0.512 e. The SMILES string of the molecule is CC(O)=C1C(=O)[C@H](CC(C)C)N(Cc2ccc(-c3ccccc3)cc2)C1=O. The predicted octanol–water partition coefficient (Wildman–Crippen LogP) is 4.51. The van der Waals surface area contributed by atoms with Crippen LogP contribution >= 0.6 is 0 Å². The third-order valence-corrected chi connectivity index (χ3v) is 4.87. The van der Waals surface area contributed by atoms with Gasteiger partial charge < -0.3 is 10.0 Å². The lowest BCUT2D eigenvalue weighted by Crippen LogP contribution is -2.36. The van der Waals surface area contributed by atoms with Crippen LogP contribution in [0, 0.1) is 5.92 Å². The molecule has 27 heavy (non-hydrogen) atoms. The quantitative estimate of drug-likeness (QED) is 0.483. The molecule has 1 heterocycles. The van der Waals surface area contributed by atoms with Gasteiger partial charge in [-0.3, -0.25) is 9.59 Å². The van der Waals surface area contributed by atoms with E-state index < -0.39 is 6.04 Å². The maximum absolute atomic E-state index is 12.7. The molecule has 0 spiro atoms. The molecular formula is C23H25NO3. The number of carbonyl (C=O) groups excluding carboxylic acids is 2. The number of amides is 1. The van der Waals surface area contributed by atoms with Gasteiger partial charge in [0.2, 0.25) is 0 Å². The molecule has 1 N–H and O–H groups in total. The van der Waals surface area contributed by atoms with E-state index in [1.165, 1.54) is 6.92 Å². The number of aliphatic hydroxyl groups excluding tert-OH is 1. The molecule has 0 unspecified atom stereocenters. The van der Waals surface area contributed by atoms with E-state index in [0.29, 0.717) is 13.0 Å². The van der Waals surface area contributed by atoms with Crippen molar-refractivity contribution in [3.8, 4) is 11.1 Å². The van der Waals surface area contributed by atoms with Crippen LogP contribution in [0.3, 0.4) is 0 Å². The van der Waals surface area contributed by atoms with E-state index >= 15 is 0 Å². The van der Waals surface area contributed by atoms with Crippen molar-refractivity contribution in [1.29, 1.82) is 0 Å². The number of hydrogen-bond acceptors (Lipinski definition) is 3. The molecule has 4 nitrogen and oxygen atoms in total. The summed E-state index contributed by atoms with van der Waals surface area (Å²) < 4.78 is 0. The summed E-state index contributed by atoms with van der Waals surface area (Å²) in [5.41, 5.74) is 3.13. The van der Waals surface area contributed by atoms with Gasteiger partial charge in [0.25, 0.3) is 5.91 Å². The van der Waals surface area contributed by atoms with Gasteiger partial charge >= 0.3 is 0 Å². The van der Waals surface area contributed by atoms with Crippen LogP contribution in [0.5, 0.6) is 0 Å². The number of hydrogen-bond donors (Lipinski definition) is 1. The molecular weight excluding hydrogens is 338 g/mol. The van der Waals surface area contributed by atoms with E-state index in [1.54, 1.807) is 4.90 Å². The average Bonchev–Trinajstić information content (AvgIpc) is 2.86. The van der Waals surface area contributed by atoms with Gasteiger partial charge in [-0.1, -0.05) is 68.4 Å². The summed E-state index contributed by atoms with van der Waals surface area (Å²) in [6, 6.07) is 17.6. The highest BCUT2D eigenvalue weighted by Gasteiger charge is 2.44. The van der Waals surface area contributed by atoms with Crippen molar-refractivity contribution in [2.45, 2.75) is 39.8 Å². The fraction of sp³-hybridized carbons (Fsp3) is 0.304. The highest BCUT2D eigenvalue weighted by molar-refractivity contribution is 6.26. The monoisotopic (exact) mass is 363 g/mol. The number of likely N-dealkylation sites (tertiary alicyclic amines) is 1. The van der Waals surface area contributed by atoms with Crippen LogP contribution < -0.4 is 0 Å². The minimum atomic E-state index is -0.511. The molecule has 2 aromatic rings. The van der Waals surface area contributed by atoms with Gasteiger partial charge in [0.05, 0.1) is 6.04 Å². The van der Waals surface area contributed by atoms with Gasteiger partial charge in [-0.2, -0.15) is 0 Å². The van der Waals surface area contributed by atoms with Gasteiger partial charge in [0, 0.05) is 6.54 Å². The third kappa shape index (κ3) is 3.95. The molecule has 1 aliphatic rings. The van der Waals surface area contributed by atoms with Gasteiger partial charge in [0.15, 0.2) is 5.78 Å². The number of Topliss-reactive ketones (excluding diaryl/α,β-unsaturated/α-hetero) is 1.